The van der Waals surface area contributed by atoms with Gasteiger partial charge in [0.2, 0.25) is 0 Å². The van der Waals surface area contributed by atoms with E-state index in [0.717, 1.165) is 5.56 Å². The predicted molar refractivity (Wildman–Crippen MR) is 45.2 cm³/mol. The molecule has 2 heteroatoms. The molecule has 0 heterocycles. The average Bonchev–Trinajstić information content (AvgIpc) is 2.03. The van der Waals surface area contributed by atoms with Gasteiger partial charge in [0.15, 0.2) is 0 Å². The van der Waals surface area contributed by atoms with Crippen LogP contribution < -0.4 is 0 Å². The molecule has 0 N–H and O–H groups in total. The third-order valence-electron chi connectivity index (χ3n) is 1.59. The summed E-state index contributed by atoms with van der Waals surface area (Å²) < 4.78 is 0. The van der Waals surface area contributed by atoms with Gasteiger partial charge in [-0.25, -0.2) is 5.11 Å². The maximum atomic E-state index is 11.2. The molecule has 1 aromatic rings. The topological polar surface area (TPSA) is 19.9 Å². The number of rotatable bonds is 2. The maximum Gasteiger partial charge on any atom is 0.118 e. The first-order valence-corrected chi connectivity index (χ1v) is 4.03. The summed E-state index contributed by atoms with van der Waals surface area (Å²) in [6.45, 7) is 1.87. The number of hydrogen-bond acceptors (Lipinski definition) is 0. The highest BCUT2D eigenvalue weighted by molar-refractivity contribution is 6.30. The maximum absolute atomic E-state index is 11.2. The van der Waals surface area contributed by atoms with Crippen molar-refractivity contribution in [2.45, 2.75) is 19.4 Å². The molecule has 1 atom stereocenters. The zero-order valence-electron chi connectivity index (χ0n) is 6.38. The van der Waals surface area contributed by atoms with Crippen molar-refractivity contribution in [2.24, 2.45) is 0 Å². The van der Waals surface area contributed by atoms with Crippen LogP contribution in [-0.4, -0.2) is 0 Å². The molecule has 0 aliphatic heterocycles. The first-order chi connectivity index (χ1) is 5.24. The second-order valence-electron chi connectivity index (χ2n) is 2.45. The van der Waals surface area contributed by atoms with Crippen molar-refractivity contribution >= 4 is 11.6 Å². The van der Waals surface area contributed by atoms with Crippen molar-refractivity contribution < 1.29 is 5.11 Å². The summed E-state index contributed by atoms with van der Waals surface area (Å²) in [5.74, 6) is 0. The summed E-state index contributed by atoms with van der Waals surface area (Å²) >= 11 is 5.71. The SMILES string of the molecule is CCC([O])c1cccc(Cl)c1. The van der Waals surface area contributed by atoms with Gasteiger partial charge < -0.3 is 0 Å². The highest BCUT2D eigenvalue weighted by atomic mass is 35.5. The summed E-state index contributed by atoms with van der Waals surface area (Å²) in [5.41, 5.74) is 0.778. The quantitative estimate of drug-likeness (QED) is 0.648. The van der Waals surface area contributed by atoms with E-state index in [1.165, 1.54) is 0 Å². The molecule has 0 saturated carbocycles. The normalized spacial score (nSPS) is 13.0. The molecule has 0 fully saturated rings. The van der Waals surface area contributed by atoms with Gasteiger partial charge in [0.05, 0.1) is 0 Å². The fourth-order valence-electron chi connectivity index (χ4n) is 0.943. The number of benzene rings is 1. The second-order valence-corrected chi connectivity index (χ2v) is 2.89. The first-order valence-electron chi connectivity index (χ1n) is 3.65. The van der Waals surface area contributed by atoms with Crippen LogP contribution in [0.2, 0.25) is 5.02 Å². The van der Waals surface area contributed by atoms with E-state index in [1.807, 2.05) is 13.0 Å². The average molecular weight is 170 g/mol. The largest absolute Gasteiger partial charge is 0.228 e. The molecule has 0 aliphatic carbocycles. The summed E-state index contributed by atoms with van der Waals surface area (Å²) in [7, 11) is 0. The van der Waals surface area contributed by atoms with Crippen LogP contribution in [0.4, 0.5) is 0 Å². The lowest BCUT2D eigenvalue weighted by Gasteiger charge is -2.04. The number of halogens is 1. The predicted octanol–water partition coefficient (Wildman–Crippen LogP) is 3.22. The summed E-state index contributed by atoms with van der Waals surface area (Å²) in [6, 6.07) is 7.11. The number of hydrogen-bond donors (Lipinski definition) is 0. The molecular weight excluding hydrogens is 160 g/mol. The molecular formula is C9H10ClO. The highest BCUT2D eigenvalue weighted by Gasteiger charge is 2.05. The zero-order chi connectivity index (χ0) is 8.27. The molecule has 0 aliphatic rings. The molecule has 0 amide bonds. The van der Waals surface area contributed by atoms with Crippen LogP contribution in [0.5, 0.6) is 0 Å². The zero-order valence-corrected chi connectivity index (χ0v) is 7.14. The fraction of sp³-hybridized carbons (Fsp3) is 0.333. The Morgan fingerprint density at radius 3 is 2.82 bits per heavy atom. The minimum absolute atomic E-state index is 0.611. The van der Waals surface area contributed by atoms with Crippen LogP contribution in [0.25, 0.3) is 0 Å². The van der Waals surface area contributed by atoms with E-state index < -0.39 is 6.10 Å². The minimum Gasteiger partial charge on any atom is -0.228 e. The van der Waals surface area contributed by atoms with E-state index in [4.69, 9.17) is 11.6 Å². The highest BCUT2D eigenvalue weighted by Crippen LogP contribution is 2.19. The van der Waals surface area contributed by atoms with Gasteiger partial charge in [-0.05, 0) is 24.1 Å². The van der Waals surface area contributed by atoms with Crippen molar-refractivity contribution in [3.8, 4) is 0 Å². The van der Waals surface area contributed by atoms with E-state index in [1.54, 1.807) is 18.2 Å². The van der Waals surface area contributed by atoms with Crippen molar-refractivity contribution in [3.63, 3.8) is 0 Å². The molecule has 0 bridgehead atoms. The summed E-state index contributed by atoms with van der Waals surface area (Å²) in [5, 5.41) is 11.8. The second kappa shape index (κ2) is 3.74. The summed E-state index contributed by atoms with van der Waals surface area (Å²) in [6.07, 6.45) is -0.0194. The Bertz CT molecular complexity index is 235. The van der Waals surface area contributed by atoms with Crippen molar-refractivity contribution in [1.82, 2.24) is 0 Å². The molecule has 1 aromatic carbocycles. The third kappa shape index (κ3) is 2.21. The van der Waals surface area contributed by atoms with Crippen molar-refractivity contribution in [2.75, 3.05) is 0 Å². The monoisotopic (exact) mass is 169 g/mol. The van der Waals surface area contributed by atoms with Crippen LogP contribution in [-0.2, 0) is 5.11 Å². The van der Waals surface area contributed by atoms with Gasteiger partial charge in [0.1, 0.15) is 6.10 Å². The molecule has 1 rings (SSSR count). The van der Waals surface area contributed by atoms with Gasteiger partial charge in [0.25, 0.3) is 0 Å². The van der Waals surface area contributed by atoms with E-state index in [9.17, 15) is 5.11 Å². The fourth-order valence-corrected chi connectivity index (χ4v) is 1.14. The van der Waals surface area contributed by atoms with E-state index >= 15 is 0 Å². The standard InChI is InChI=1S/C9H10ClO/c1-2-9(11)7-4-3-5-8(10)6-7/h3-6,9H,2H2,1H3. The van der Waals surface area contributed by atoms with Gasteiger partial charge in [-0.2, -0.15) is 0 Å². The van der Waals surface area contributed by atoms with E-state index in [2.05, 4.69) is 0 Å². The van der Waals surface area contributed by atoms with Crippen molar-refractivity contribution in [1.29, 1.82) is 0 Å². The Balaban J connectivity index is 2.86. The Kier molecular flexibility index (Phi) is 2.92. The van der Waals surface area contributed by atoms with Gasteiger partial charge in [-0.15, -0.1) is 0 Å². The molecule has 11 heavy (non-hydrogen) atoms. The molecule has 0 aromatic heterocycles. The lowest BCUT2D eigenvalue weighted by molar-refractivity contribution is 0.0857. The first kappa shape index (κ1) is 8.57. The van der Waals surface area contributed by atoms with E-state index in [0.29, 0.717) is 11.4 Å². The van der Waals surface area contributed by atoms with Gasteiger partial charge in [-0.1, -0.05) is 30.7 Å². The molecule has 1 nitrogen and oxygen atoms in total. The van der Waals surface area contributed by atoms with Crippen LogP contribution in [0, 0.1) is 0 Å². The molecule has 59 valence electrons. The molecule has 0 spiro atoms. The smallest absolute Gasteiger partial charge is 0.118 e. The van der Waals surface area contributed by atoms with E-state index in [-0.39, 0.29) is 0 Å². The van der Waals surface area contributed by atoms with Crippen molar-refractivity contribution in [3.05, 3.63) is 34.9 Å². The lowest BCUT2D eigenvalue weighted by Crippen LogP contribution is -1.91. The summed E-state index contributed by atoms with van der Waals surface area (Å²) in [4.78, 5) is 0. The Morgan fingerprint density at radius 2 is 2.27 bits per heavy atom. The van der Waals surface area contributed by atoms with Crippen LogP contribution >= 0.6 is 11.6 Å². The Morgan fingerprint density at radius 1 is 1.55 bits per heavy atom. The lowest BCUT2D eigenvalue weighted by atomic mass is 10.1. The molecule has 1 radical (unpaired) electrons. The van der Waals surface area contributed by atoms with Crippen LogP contribution in [0.3, 0.4) is 0 Å². The van der Waals surface area contributed by atoms with Gasteiger partial charge >= 0.3 is 0 Å². The van der Waals surface area contributed by atoms with Gasteiger partial charge in [-0.3, -0.25) is 0 Å². The van der Waals surface area contributed by atoms with Crippen LogP contribution in [0.1, 0.15) is 25.0 Å². The minimum atomic E-state index is -0.631. The Labute approximate surface area is 71.6 Å². The molecule has 0 saturated heterocycles. The molecule has 1 unspecified atom stereocenters. The van der Waals surface area contributed by atoms with Crippen LogP contribution in [0.15, 0.2) is 24.3 Å². The van der Waals surface area contributed by atoms with Gasteiger partial charge in [0, 0.05) is 5.02 Å². The third-order valence-corrected chi connectivity index (χ3v) is 1.83. The Hall–Kier alpha value is -0.530.